The van der Waals surface area contributed by atoms with E-state index in [2.05, 4.69) is 6.58 Å². The zero-order valence-corrected chi connectivity index (χ0v) is 20.6. The molecule has 0 radical (unpaired) electrons. The summed E-state index contributed by atoms with van der Waals surface area (Å²) in [5.74, 6) is -0.270. The lowest BCUT2D eigenvalue weighted by molar-refractivity contribution is -0.137. The van der Waals surface area contributed by atoms with Crippen LogP contribution in [0.25, 0.3) is 0 Å². The zero-order valence-electron chi connectivity index (χ0n) is 20.6. The van der Waals surface area contributed by atoms with Crippen molar-refractivity contribution in [2.75, 3.05) is 26.4 Å². The number of benzene rings is 2. The number of carbonyl (C=O) groups excluding carboxylic acids is 3. The highest BCUT2D eigenvalue weighted by Gasteiger charge is 2.47. The van der Waals surface area contributed by atoms with Crippen LogP contribution < -0.4 is 9.47 Å². The normalized spacial score (nSPS) is 22.1. The van der Waals surface area contributed by atoms with Crippen LogP contribution in [0, 0.1) is 5.92 Å². The van der Waals surface area contributed by atoms with Gasteiger partial charge in [-0.2, -0.15) is 0 Å². The van der Waals surface area contributed by atoms with E-state index >= 15 is 0 Å². The third kappa shape index (κ3) is 6.96. The molecule has 0 bridgehead atoms. The number of ether oxygens (including phenoxy) is 6. The number of unbranched alkanes of at least 4 members (excludes halogenated alkanes) is 1. The van der Waals surface area contributed by atoms with E-state index < -0.39 is 24.0 Å². The van der Waals surface area contributed by atoms with Crippen molar-refractivity contribution in [2.45, 2.75) is 38.1 Å². The van der Waals surface area contributed by atoms with E-state index in [1.165, 1.54) is 0 Å². The van der Waals surface area contributed by atoms with Crippen molar-refractivity contribution in [2.24, 2.45) is 5.92 Å². The number of esters is 3. The van der Waals surface area contributed by atoms with Crippen molar-refractivity contribution in [3.63, 3.8) is 0 Å². The second kappa shape index (κ2) is 12.5. The summed E-state index contributed by atoms with van der Waals surface area (Å²) < 4.78 is 33.0. The Labute approximate surface area is 215 Å². The summed E-state index contributed by atoms with van der Waals surface area (Å²) in [6, 6.07) is 12.8. The number of hydrogen-bond donors (Lipinski definition) is 0. The summed E-state index contributed by atoms with van der Waals surface area (Å²) in [6.45, 7) is 7.06. The summed E-state index contributed by atoms with van der Waals surface area (Å²) in [7, 11) is 0. The van der Waals surface area contributed by atoms with Crippen molar-refractivity contribution in [3.8, 4) is 11.5 Å². The summed E-state index contributed by atoms with van der Waals surface area (Å²) in [6.07, 6.45) is 1.80. The van der Waals surface area contributed by atoms with Gasteiger partial charge in [0.2, 0.25) is 0 Å². The van der Waals surface area contributed by atoms with Crippen LogP contribution in [0.2, 0.25) is 0 Å². The second-order valence-corrected chi connectivity index (χ2v) is 8.88. The molecular formula is C28H30O9. The van der Waals surface area contributed by atoms with Gasteiger partial charge in [0.15, 0.2) is 6.10 Å². The first-order valence-corrected chi connectivity index (χ1v) is 12.2. The molecule has 0 amide bonds. The van der Waals surface area contributed by atoms with E-state index in [1.807, 2.05) is 6.92 Å². The highest BCUT2D eigenvalue weighted by molar-refractivity contribution is 5.92. The van der Waals surface area contributed by atoms with E-state index in [9.17, 15) is 14.4 Å². The molecule has 2 aromatic carbocycles. The van der Waals surface area contributed by atoms with Gasteiger partial charge >= 0.3 is 17.9 Å². The molecule has 2 heterocycles. The molecule has 0 aliphatic carbocycles. The summed E-state index contributed by atoms with van der Waals surface area (Å²) in [4.78, 5) is 36.0. The van der Waals surface area contributed by atoms with Gasteiger partial charge in [-0.05, 0) is 61.4 Å². The molecule has 2 saturated heterocycles. The Morgan fingerprint density at radius 3 is 2.19 bits per heavy atom. The van der Waals surface area contributed by atoms with Gasteiger partial charge in [-0.25, -0.2) is 14.4 Å². The molecule has 4 rings (SSSR count). The molecule has 9 nitrogen and oxygen atoms in total. The van der Waals surface area contributed by atoms with Gasteiger partial charge in [0, 0.05) is 12.0 Å². The predicted molar refractivity (Wildman–Crippen MR) is 132 cm³/mol. The first-order valence-electron chi connectivity index (χ1n) is 12.2. The van der Waals surface area contributed by atoms with Crippen molar-refractivity contribution in [3.05, 3.63) is 72.3 Å². The lowest BCUT2D eigenvalue weighted by Gasteiger charge is -2.16. The van der Waals surface area contributed by atoms with Gasteiger partial charge in [0.05, 0.1) is 43.7 Å². The monoisotopic (exact) mass is 510 g/mol. The van der Waals surface area contributed by atoms with Gasteiger partial charge in [-0.15, -0.1) is 0 Å². The Kier molecular flexibility index (Phi) is 8.92. The first-order chi connectivity index (χ1) is 17.9. The minimum absolute atomic E-state index is 0.0409. The molecule has 2 fully saturated rings. The van der Waals surface area contributed by atoms with Gasteiger partial charge in [0.25, 0.3) is 0 Å². The van der Waals surface area contributed by atoms with E-state index in [4.69, 9.17) is 28.4 Å². The lowest BCUT2D eigenvalue weighted by atomic mass is 10.0. The molecule has 0 spiro atoms. The summed E-state index contributed by atoms with van der Waals surface area (Å²) in [5.41, 5.74) is 0.698. The largest absolute Gasteiger partial charge is 0.494 e. The minimum atomic E-state index is -0.535. The van der Waals surface area contributed by atoms with E-state index in [-0.39, 0.29) is 18.1 Å². The molecule has 9 heteroatoms. The molecule has 0 N–H and O–H groups in total. The Bertz CT molecular complexity index is 1090. The van der Waals surface area contributed by atoms with E-state index in [0.717, 1.165) is 6.08 Å². The average molecular weight is 511 g/mol. The Morgan fingerprint density at radius 2 is 1.49 bits per heavy atom. The molecule has 4 atom stereocenters. The summed E-state index contributed by atoms with van der Waals surface area (Å²) >= 11 is 0. The van der Waals surface area contributed by atoms with Gasteiger partial charge in [-0.1, -0.05) is 13.5 Å². The number of carbonyl (C=O) groups is 3. The maximum absolute atomic E-state index is 12.5. The highest BCUT2D eigenvalue weighted by atomic mass is 16.6. The molecule has 0 aromatic heterocycles. The van der Waals surface area contributed by atoms with Crippen molar-refractivity contribution in [1.82, 2.24) is 0 Å². The van der Waals surface area contributed by atoms with Crippen LogP contribution in [0.1, 0.15) is 40.5 Å². The number of rotatable bonds is 11. The van der Waals surface area contributed by atoms with E-state index in [0.29, 0.717) is 61.9 Å². The Balaban J connectivity index is 1.20. The fraction of sp³-hybridized carbons (Fsp3) is 0.393. The van der Waals surface area contributed by atoms with Crippen LogP contribution in [0.5, 0.6) is 11.5 Å². The summed E-state index contributed by atoms with van der Waals surface area (Å²) in [5, 5.41) is 0. The molecule has 3 unspecified atom stereocenters. The van der Waals surface area contributed by atoms with Crippen LogP contribution >= 0.6 is 0 Å². The topological polar surface area (TPSA) is 107 Å². The van der Waals surface area contributed by atoms with Gasteiger partial charge < -0.3 is 28.4 Å². The van der Waals surface area contributed by atoms with Crippen molar-refractivity contribution < 1.29 is 42.8 Å². The number of hydrogen-bond acceptors (Lipinski definition) is 9. The second-order valence-electron chi connectivity index (χ2n) is 8.88. The lowest BCUT2D eigenvalue weighted by Crippen LogP contribution is -2.32. The molecule has 196 valence electrons. The van der Waals surface area contributed by atoms with Crippen molar-refractivity contribution >= 4 is 17.9 Å². The molecule has 2 aliphatic heterocycles. The SMILES string of the molecule is C=CC(=O)OCCCCOc1ccc(C(=O)Oc2ccc(C(=O)OC3COC4C3OC[C@@H]4C)cc2)cc1. The Hall–Kier alpha value is -3.69. The van der Waals surface area contributed by atoms with Crippen LogP contribution in [0.15, 0.2) is 61.2 Å². The van der Waals surface area contributed by atoms with Gasteiger partial charge in [-0.3, -0.25) is 0 Å². The van der Waals surface area contributed by atoms with Crippen LogP contribution in [0.4, 0.5) is 0 Å². The van der Waals surface area contributed by atoms with Gasteiger partial charge in [0.1, 0.15) is 17.6 Å². The first kappa shape index (κ1) is 26.4. The van der Waals surface area contributed by atoms with Crippen LogP contribution in [-0.2, 0) is 23.7 Å². The third-order valence-electron chi connectivity index (χ3n) is 6.12. The highest BCUT2D eigenvalue weighted by Crippen LogP contribution is 2.32. The molecular weight excluding hydrogens is 480 g/mol. The van der Waals surface area contributed by atoms with E-state index in [1.54, 1.807) is 48.5 Å². The Morgan fingerprint density at radius 1 is 0.865 bits per heavy atom. The minimum Gasteiger partial charge on any atom is -0.494 e. The molecule has 2 aromatic rings. The zero-order chi connectivity index (χ0) is 26.2. The standard InChI is InChI=1S/C28H30O9/c1-3-24(29)33-15-5-4-14-32-21-10-6-19(7-11-21)27(30)36-22-12-8-20(9-13-22)28(31)37-23-17-35-25-18(2)16-34-26(23)25/h3,6-13,18,23,25-26H,1,4-5,14-17H2,2H3/t18-,23?,25?,26?/m0/s1. The average Bonchev–Trinajstić information content (AvgIpc) is 3.49. The molecule has 37 heavy (non-hydrogen) atoms. The van der Waals surface area contributed by atoms with Crippen LogP contribution in [-0.4, -0.2) is 62.6 Å². The van der Waals surface area contributed by atoms with Crippen LogP contribution in [0.3, 0.4) is 0 Å². The van der Waals surface area contributed by atoms with Crippen molar-refractivity contribution in [1.29, 1.82) is 0 Å². The molecule has 2 aliphatic rings. The fourth-order valence-electron chi connectivity index (χ4n) is 4.10. The number of fused-ring (bicyclic) bond motifs is 1. The quantitative estimate of drug-likeness (QED) is 0.193. The maximum Gasteiger partial charge on any atom is 0.343 e. The maximum atomic E-state index is 12.5. The predicted octanol–water partition coefficient (Wildman–Crippen LogP) is 3.75. The third-order valence-corrected chi connectivity index (χ3v) is 6.12. The fourth-order valence-corrected chi connectivity index (χ4v) is 4.10. The molecule has 0 saturated carbocycles. The smallest absolute Gasteiger partial charge is 0.343 e.